The van der Waals surface area contributed by atoms with E-state index in [1.807, 2.05) is 25.7 Å². The molecule has 0 bridgehead atoms. The number of anilines is 2. The SMILES string of the molecule is CC(C)(C)C(=O)N1CCC(C(=O)Nc2ccccc2C(=O)Nc2ccc(F)cc2)CC1. The molecule has 1 aliphatic rings. The van der Waals surface area contributed by atoms with Gasteiger partial charge in [-0.15, -0.1) is 0 Å². The molecule has 3 rings (SSSR count). The molecule has 6 nitrogen and oxygen atoms in total. The third kappa shape index (κ3) is 5.69. The lowest BCUT2D eigenvalue weighted by Crippen LogP contribution is -2.45. The quantitative estimate of drug-likeness (QED) is 0.767. The molecule has 3 amide bonds. The average Bonchev–Trinajstić information content (AvgIpc) is 2.74. The summed E-state index contributed by atoms with van der Waals surface area (Å²) in [6.45, 7) is 6.76. The van der Waals surface area contributed by atoms with E-state index >= 15 is 0 Å². The molecule has 7 heteroatoms. The van der Waals surface area contributed by atoms with Crippen LogP contribution in [0.1, 0.15) is 44.0 Å². The van der Waals surface area contributed by atoms with E-state index in [2.05, 4.69) is 10.6 Å². The van der Waals surface area contributed by atoms with Gasteiger partial charge >= 0.3 is 0 Å². The van der Waals surface area contributed by atoms with Crippen LogP contribution in [0.4, 0.5) is 15.8 Å². The molecule has 0 atom stereocenters. The molecule has 1 heterocycles. The maximum atomic E-state index is 13.1. The molecule has 0 aliphatic carbocycles. The number of nitrogens with zero attached hydrogens (tertiary/aromatic N) is 1. The number of amides is 3. The summed E-state index contributed by atoms with van der Waals surface area (Å²) in [5.74, 6) is -1.08. The summed E-state index contributed by atoms with van der Waals surface area (Å²) >= 11 is 0. The van der Waals surface area contributed by atoms with Gasteiger partial charge < -0.3 is 15.5 Å². The van der Waals surface area contributed by atoms with Crippen molar-refractivity contribution in [2.24, 2.45) is 11.3 Å². The number of hydrogen-bond donors (Lipinski definition) is 2. The van der Waals surface area contributed by atoms with Crippen molar-refractivity contribution in [3.05, 3.63) is 59.9 Å². The van der Waals surface area contributed by atoms with E-state index < -0.39 is 11.3 Å². The molecule has 1 aliphatic heterocycles. The van der Waals surface area contributed by atoms with Gasteiger partial charge in [-0.2, -0.15) is 0 Å². The molecule has 31 heavy (non-hydrogen) atoms. The zero-order chi connectivity index (χ0) is 22.6. The van der Waals surface area contributed by atoms with Gasteiger partial charge in [0.05, 0.1) is 11.3 Å². The first-order valence-electron chi connectivity index (χ1n) is 10.4. The third-order valence-electron chi connectivity index (χ3n) is 5.33. The minimum Gasteiger partial charge on any atom is -0.342 e. The number of hydrogen-bond acceptors (Lipinski definition) is 3. The lowest BCUT2D eigenvalue weighted by atomic mass is 9.90. The Morgan fingerprint density at radius 1 is 0.935 bits per heavy atom. The van der Waals surface area contributed by atoms with Crippen molar-refractivity contribution >= 4 is 29.1 Å². The summed E-state index contributed by atoms with van der Waals surface area (Å²) in [4.78, 5) is 39.8. The minimum absolute atomic E-state index is 0.0918. The zero-order valence-electron chi connectivity index (χ0n) is 18.1. The molecule has 2 aromatic rings. The van der Waals surface area contributed by atoms with Gasteiger partial charge in [-0.3, -0.25) is 14.4 Å². The first-order chi connectivity index (χ1) is 14.6. The van der Waals surface area contributed by atoms with E-state index in [4.69, 9.17) is 0 Å². The van der Waals surface area contributed by atoms with Crippen LogP contribution in [-0.4, -0.2) is 35.7 Å². The molecule has 0 saturated carbocycles. The van der Waals surface area contributed by atoms with Crippen molar-refractivity contribution < 1.29 is 18.8 Å². The summed E-state index contributed by atoms with van der Waals surface area (Å²) in [7, 11) is 0. The predicted molar refractivity (Wildman–Crippen MR) is 118 cm³/mol. The highest BCUT2D eigenvalue weighted by atomic mass is 19.1. The van der Waals surface area contributed by atoms with Gasteiger partial charge in [0.25, 0.3) is 5.91 Å². The van der Waals surface area contributed by atoms with Gasteiger partial charge in [0, 0.05) is 30.1 Å². The van der Waals surface area contributed by atoms with E-state index in [1.54, 1.807) is 24.3 Å². The highest BCUT2D eigenvalue weighted by Gasteiger charge is 2.32. The summed E-state index contributed by atoms with van der Waals surface area (Å²) in [6, 6.07) is 12.2. The standard InChI is InChI=1S/C24H28FN3O3/c1-24(2,3)23(31)28-14-12-16(13-15-28)21(29)27-20-7-5-4-6-19(20)22(30)26-18-10-8-17(25)9-11-18/h4-11,16H,12-15H2,1-3H3,(H,26,30)(H,27,29). The second-order valence-electron chi connectivity index (χ2n) is 8.81. The Labute approximate surface area is 181 Å². The summed E-state index contributed by atoms with van der Waals surface area (Å²) in [5.41, 5.74) is 0.760. The van der Waals surface area contributed by atoms with Crippen LogP contribution in [0, 0.1) is 17.2 Å². The molecule has 1 saturated heterocycles. The molecular formula is C24H28FN3O3. The Morgan fingerprint density at radius 3 is 2.16 bits per heavy atom. The smallest absolute Gasteiger partial charge is 0.257 e. The van der Waals surface area contributed by atoms with Gasteiger partial charge in [0.2, 0.25) is 11.8 Å². The van der Waals surface area contributed by atoms with Crippen molar-refractivity contribution in [3.8, 4) is 0 Å². The van der Waals surface area contributed by atoms with Gasteiger partial charge in [0.1, 0.15) is 5.82 Å². The number of carbonyl (C=O) groups is 3. The molecule has 0 radical (unpaired) electrons. The van der Waals surface area contributed by atoms with Crippen LogP contribution in [0.3, 0.4) is 0 Å². The Morgan fingerprint density at radius 2 is 1.55 bits per heavy atom. The largest absolute Gasteiger partial charge is 0.342 e. The molecule has 0 unspecified atom stereocenters. The maximum absolute atomic E-state index is 13.1. The molecule has 164 valence electrons. The number of para-hydroxylation sites is 1. The van der Waals surface area contributed by atoms with Crippen LogP contribution in [0.25, 0.3) is 0 Å². The van der Waals surface area contributed by atoms with Crippen LogP contribution in [0.15, 0.2) is 48.5 Å². The highest BCUT2D eigenvalue weighted by molar-refractivity contribution is 6.10. The summed E-state index contributed by atoms with van der Waals surface area (Å²) in [5, 5.41) is 5.58. The van der Waals surface area contributed by atoms with Crippen molar-refractivity contribution in [1.82, 2.24) is 4.90 Å². The van der Waals surface area contributed by atoms with Crippen LogP contribution in [0.5, 0.6) is 0 Å². The second kappa shape index (κ2) is 9.29. The molecule has 2 N–H and O–H groups in total. The number of likely N-dealkylation sites (tertiary alicyclic amines) is 1. The van der Waals surface area contributed by atoms with Gasteiger partial charge in [0.15, 0.2) is 0 Å². The maximum Gasteiger partial charge on any atom is 0.257 e. The van der Waals surface area contributed by atoms with Crippen molar-refractivity contribution in [2.75, 3.05) is 23.7 Å². The fraction of sp³-hybridized carbons (Fsp3) is 0.375. The van der Waals surface area contributed by atoms with Gasteiger partial charge in [-0.05, 0) is 49.2 Å². The molecule has 0 spiro atoms. The predicted octanol–water partition coefficient (Wildman–Crippen LogP) is 4.30. The normalized spacial score (nSPS) is 14.8. The number of piperidine rings is 1. The fourth-order valence-electron chi connectivity index (χ4n) is 3.58. The number of carbonyl (C=O) groups excluding carboxylic acids is 3. The van der Waals surface area contributed by atoms with Gasteiger partial charge in [-0.1, -0.05) is 32.9 Å². The molecule has 0 aromatic heterocycles. The Balaban J connectivity index is 1.63. The highest BCUT2D eigenvalue weighted by Crippen LogP contribution is 2.25. The number of nitrogens with one attached hydrogen (secondary N) is 2. The van der Waals surface area contributed by atoms with Gasteiger partial charge in [-0.25, -0.2) is 4.39 Å². The van der Waals surface area contributed by atoms with Crippen molar-refractivity contribution in [1.29, 1.82) is 0 Å². The topological polar surface area (TPSA) is 78.5 Å². The Bertz CT molecular complexity index is 959. The molecule has 1 fully saturated rings. The Hall–Kier alpha value is -3.22. The van der Waals surface area contributed by atoms with Crippen LogP contribution >= 0.6 is 0 Å². The first-order valence-corrected chi connectivity index (χ1v) is 10.4. The fourth-order valence-corrected chi connectivity index (χ4v) is 3.58. The van der Waals surface area contributed by atoms with Crippen LogP contribution in [0.2, 0.25) is 0 Å². The van der Waals surface area contributed by atoms with E-state index in [0.717, 1.165) is 0 Å². The van der Waals surface area contributed by atoms with Crippen LogP contribution in [-0.2, 0) is 9.59 Å². The second-order valence-corrected chi connectivity index (χ2v) is 8.81. The monoisotopic (exact) mass is 425 g/mol. The van der Waals surface area contributed by atoms with E-state index in [9.17, 15) is 18.8 Å². The van der Waals surface area contributed by atoms with E-state index in [0.29, 0.717) is 42.9 Å². The number of benzene rings is 2. The lowest BCUT2D eigenvalue weighted by molar-refractivity contribution is -0.142. The average molecular weight is 426 g/mol. The van der Waals surface area contributed by atoms with Crippen molar-refractivity contribution in [2.45, 2.75) is 33.6 Å². The van der Waals surface area contributed by atoms with E-state index in [1.165, 1.54) is 24.3 Å². The van der Waals surface area contributed by atoms with Crippen LogP contribution < -0.4 is 10.6 Å². The van der Waals surface area contributed by atoms with E-state index in [-0.39, 0.29) is 23.5 Å². The summed E-state index contributed by atoms with van der Waals surface area (Å²) in [6.07, 6.45) is 1.16. The zero-order valence-corrected chi connectivity index (χ0v) is 18.1. The summed E-state index contributed by atoms with van der Waals surface area (Å²) < 4.78 is 13.1. The van der Waals surface area contributed by atoms with Crippen molar-refractivity contribution in [3.63, 3.8) is 0 Å². The number of halogens is 1. The Kier molecular flexibility index (Phi) is 6.73. The molecular weight excluding hydrogens is 397 g/mol. The molecule has 2 aromatic carbocycles. The number of rotatable bonds is 4. The first kappa shape index (κ1) is 22.5. The lowest BCUT2D eigenvalue weighted by Gasteiger charge is -2.35. The minimum atomic E-state index is -0.439. The third-order valence-corrected chi connectivity index (χ3v) is 5.33.